The monoisotopic (exact) mass is 216 g/mol. The number of likely N-dealkylation sites (tertiary alicyclic amines) is 1. The smallest absolute Gasteiger partial charge is 0.0320 e. The maximum atomic E-state index is 3.57. The van der Waals surface area contributed by atoms with E-state index in [1.54, 1.807) is 0 Å². The predicted molar refractivity (Wildman–Crippen MR) is 66.7 cm³/mol. The molecule has 2 aliphatic rings. The van der Waals surface area contributed by atoms with Crippen molar-refractivity contribution in [3.8, 4) is 0 Å². The van der Waals surface area contributed by atoms with Gasteiger partial charge in [0.15, 0.2) is 0 Å². The van der Waals surface area contributed by atoms with E-state index in [1.807, 2.05) is 0 Å². The van der Waals surface area contributed by atoms with Crippen LogP contribution in [0.25, 0.3) is 0 Å². The highest BCUT2D eigenvalue weighted by Gasteiger charge is 2.25. The highest BCUT2D eigenvalue weighted by atomic mass is 15.2. The predicted octanol–water partition coefficient (Wildman–Crippen LogP) is 2.14. The Labute approximate surface area is 97.6 Å². The normalized spacial score (nSPS) is 26.9. The summed E-state index contributed by atoms with van der Waals surface area (Å²) in [5, 5.41) is 3.57. The molecule has 2 fully saturated rings. The molecule has 3 rings (SSSR count). The lowest BCUT2D eigenvalue weighted by Crippen LogP contribution is -2.41. The number of hydrogen-bond acceptors (Lipinski definition) is 2. The molecule has 2 heteroatoms. The molecule has 1 unspecified atom stereocenters. The lowest BCUT2D eigenvalue weighted by Gasteiger charge is -2.36. The number of rotatable bonds is 2. The lowest BCUT2D eigenvalue weighted by molar-refractivity contribution is 0.189. The second-order valence-corrected chi connectivity index (χ2v) is 5.24. The number of nitrogens with one attached hydrogen (secondary N) is 1. The molecule has 1 atom stereocenters. The van der Waals surface area contributed by atoms with Gasteiger partial charge in [-0.15, -0.1) is 0 Å². The number of hydrogen-bond donors (Lipinski definition) is 1. The fraction of sp³-hybridized carbons (Fsp3) is 0.571. The second kappa shape index (κ2) is 4.19. The highest BCUT2D eigenvalue weighted by Crippen LogP contribution is 2.29. The van der Waals surface area contributed by atoms with Crippen LogP contribution in [0.2, 0.25) is 0 Å². The maximum absolute atomic E-state index is 3.57. The van der Waals surface area contributed by atoms with Crippen molar-refractivity contribution in [2.75, 3.05) is 26.7 Å². The topological polar surface area (TPSA) is 15.3 Å². The molecule has 0 amide bonds. The quantitative estimate of drug-likeness (QED) is 0.815. The Balaban J connectivity index is 1.77. The van der Waals surface area contributed by atoms with Crippen LogP contribution in [0.3, 0.4) is 0 Å². The van der Waals surface area contributed by atoms with Crippen LogP contribution < -0.4 is 5.32 Å². The third-order valence-electron chi connectivity index (χ3n) is 3.91. The third-order valence-corrected chi connectivity index (χ3v) is 3.91. The zero-order valence-corrected chi connectivity index (χ0v) is 9.95. The van der Waals surface area contributed by atoms with E-state index in [0.29, 0.717) is 6.04 Å². The third kappa shape index (κ3) is 1.87. The summed E-state index contributed by atoms with van der Waals surface area (Å²) in [5.74, 6) is 0.770. The Morgan fingerprint density at radius 2 is 2.06 bits per heavy atom. The van der Waals surface area contributed by atoms with Crippen LogP contribution in [0.15, 0.2) is 24.3 Å². The average molecular weight is 216 g/mol. The molecule has 0 saturated carbocycles. The summed E-state index contributed by atoms with van der Waals surface area (Å²) in [6, 6.07) is 9.81. The Hall–Kier alpha value is -0.860. The molecule has 0 bridgehead atoms. The lowest BCUT2D eigenvalue weighted by atomic mass is 9.90. The van der Waals surface area contributed by atoms with Gasteiger partial charge in [-0.25, -0.2) is 0 Å². The van der Waals surface area contributed by atoms with Crippen LogP contribution in [0.4, 0.5) is 0 Å². The van der Waals surface area contributed by atoms with Gasteiger partial charge in [-0.05, 0) is 37.6 Å². The number of likely N-dealkylation sites (N-methyl/N-ethyl adjacent to an activating group) is 1. The molecule has 86 valence electrons. The van der Waals surface area contributed by atoms with Gasteiger partial charge in [0.05, 0.1) is 0 Å². The van der Waals surface area contributed by atoms with E-state index in [2.05, 4.69) is 41.5 Å². The molecular weight excluding hydrogens is 196 g/mol. The molecule has 0 aromatic heterocycles. The van der Waals surface area contributed by atoms with E-state index < -0.39 is 0 Å². The molecule has 2 saturated heterocycles. The molecule has 1 N–H and O–H groups in total. The number of benzene rings is 1. The average Bonchev–Trinajstić information content (AvgIpc) is 2.78. The van der Waals surface area contributed by atoms with Crippen molar-refractivity contribution in [3.05, 3.63) is 35.4 Å². The minimum atomic E-state index is 0.609. The van der Waals surface area contributed by atoms with Crippen LogP contribution in [-0.2, 0) is 0 Å². The molecule has 16 heavy (non-hydrogen) atoms. The van der Waals surface area contributed by atoms with Gasteiger partial charge in [0.25, 0.3) is 0 Å². The minimum Gasteiger partial charge on any atom is -0.310 e. The van der Waals surface area contributed by atoms with Gasteiger partial charge < -0.3 is 10.2 Å². The first-order valence-electron chi connectivity index (χ1n) is 6.35. The minimum absolute atomic E-state index is 0.609. The molecule has 2 nitrogen and oxygen atoms in total. The van der Waals surface area contributed by atoms with Gasteiger partial charge in [-0.2, -0.15) is 0 Å². The molecule has 1 aromatic carbocycles. The van der Waals surface area contributed by atoms with E-state index in [9.17, 15) is 0 Å². The van der Waals surface area contributed by atoms with Gasteiger partial charge in [-0.1, -0.05) is 24.3 Å². The summed E-state index contributed by atoms with van der Waals surface area (Å²) >= 11 is 0. The molecule has 0 radical (unpaired) electrons. The summed E-state index contributed by atoms with van der Waals surface area (Å²) in [6.45, 7) is 3.63. The van der Waals surface area contributed by atoms with E-state index in [0.717, 1.165) is 5.92 Å². The first-order valence-corrected chi connectivity index (χ1v) is 6.35. The molecular formula is C14H20N2. The van der Waals surface area contributed by atoms with E-state index in [4.69, 9.17) is 0 Å². The Morgan fingerprint density at radius 1 is 1.25 bits per heavy atom. The zero-order valence-electron chi connectivity index (χ0n) is 9.95. The van der Waals surface area contributed by atoms with E-state index in [-0.39, 0.29) is 0 Å². The highest BCUT2D eigenvalue weighted by molar-refractivity contribution is 5.30. The van der Waals surface area contributed by atoms with Crippen LogP contribution in [0, 0.1) is 0 Å². The summed E-state index contributed by atoms with van der Waals surface area (Å²) < 4.78 is 0. The molecule has 1 aromatic rings. The number of nitrogens with zero attached hydrogens (tertiary/aromatic N) is 1. The molecule has 0 spiro atoms. The van der Waals surface area contributed by atoms with Crippen molar-refractivity contribution in [1.29, 1.82) is 0 Å². The summed E-state index contributed by atoms with van der Waals surface area (Å²) in [5.41, 5.74) is 3.02. The summed E-state index contributed by atoms with van der Waals surface area (Å²) in [4.78, 5) is 2.38. The Kier molecular flexibility index (Phi) is 2.70. The van der Waals surface area contributed by atoms with E-state index in [1.165, 1.54) is 43.6 Å². The molecule has 2 aliphatic heterocycles. The standard InChI is InChI=1S/C14H20N2/c1-16-9-13(10-16)11-4-2-5-12(8-11)14-6-3-7-15-14/h2,4-5,8,13-15H,3,6-7,9-10H2,1H3. The van der Waals surface area contributed by atoms with Crippen LogP contribution in [0.1, 0.15) is 35.9 Å². The second-order valence-electron chi connectivity index (χ2n) is 5.24. The van der Waals surface area contributed by atoms with Gasteiger partial charge in [0.1, 0.15) is 0 Å². The van der Waals surface area contributed by atoms with Crippen molar-refractivity contribution >= 4 is 0 Å². The maximum Gasteiger partial charge on any atom is 0.0320 e. The fourth-order valence-corrected chi connectivity index (χ4v) is 2.91. The van der Waals surface area contributed by atoms with Crippen molar-refractivity contribution in [3.63, 3.8) is 0 Å². The van der Waals surface area contributed by atoms with Crippen molar-refractivity contribution in [2.24, 2.45) is 0 Å². The Bertz CT molecular complexity index is 363. The van der Waals surface area contributed by atoms with Gasteiger partial charge in [0.2, 0.25) is 0 Å². The molecule has 2 heterocycles. The zero-order chi connectivity index (χ0) is 11.0. The SMILES string of the molecule is CN1CC(c2cccc(C3CCCN3)c2)C1. The Morgan fingerprint density at radius 3 is 2.75 bits per heavy atom. The van der Waals surface area contributed by atoms with Gasteiger partial charge >= 0.3 is 0 Å². The molecule has 0 aliphatic carbocycles. The largest absolute Gasteiger partial charge is 0.310 e. The summed E-state index contributed by atoms with van der Waals surface area (Å²) in [6.07, 6.45) is 2.62. The van der Waals surface area contributed by atoms with Crippen molar-refractivity contribution < 1.29 is 0 Å². The van der Waals surface area contributed by atoms with Gasteiger partial charge in [-0.3, -0.25) is 0 Å². The first-order chi connectivity index (χ1) is 7.83. The fourth-order valence-electron chi connectivity index (χ4n) is 2.91. The van der Waals surface area contributed by atoms with Crippen LogP contribution in [0.5, 0.6) is 0 Å². The summed E-state index contributed by atoms with van der Waals surface area (Å²) in [7, 11) is 2.19. The van der Waals surface area contributed by atoms with Crippen LogP contribution in [-0.4, -0.2) is 31.6 Å². The van der Waals surface area contributed by atoms with Crippen LogP contribution >= 0.6 is 0 Å². The van der Waals surface area contributed by atoms with Gasteiger partial charge in [0, 0.05) is 25.0 Å². The first kappa shape index (κ1) is 10.3. The van der Waals surface area contributed by atoms with Crippen molar-refractivity contribution in [1.82, 2.24) is 10.2 Å². The van der Waals surface area contributed by atoms with E-state index >= 15 is 0 Å². The van der Waals surface area contributed by atoms with Crippen molar-refractivity contribution in [2.45, 2.75) is 24.8 Å².